The molecule has 1 amide bonds. The molecule has 5 nitrogen and oxygen atoms in total. The van der Waals surface area contributed by atoms with Crippen LogP contribution in [0.5, 0.6) is 11.5 Å². The Kier molecular flexibility index (Phi) is 4.14. The fourth-order valence-electron chi connectivity index (χ4n) is 1.57. The highest BCUT2D eigenvalue weighted by atomic mass is 19.1. The smallest absolute Gasteiger partial charge is 0.270 e. The molecule has 2 aromatic rings. The van der Waals surface area contributed by atoms with Crippen molar-refractivity contribution in [2.24, 2.45) is 0 Å². The monoisotopic (exact) mass is 275 g/mol. The van der Waals surface area contributed by atoms with Crippen LogP contribution in [-0.4, -0.2) is 17.4 Å². The number of hydrogen-bond acceptors (Lipinski definition) is 4. The Morgan fingerprint density at radius 3 is 2.95 bits per heavy atom. The number of anilines is 1. The van der Waals surface area contributed by atoms with E-state index in [0.717, 1.165) is 0 Å². The second-order valence-corrected chi connectivity index (χ2v) is 4.02. The van der Waals surface area contributed by atoms with E-state index in [-0.39, 0.29) is 17.4 Å². The number of nitrogens with zero attached hydrogens (tertiary/aromatic N) is 1. The molecule has 0 spiro atoms. The lowest BCUT2D eigenvalue weighted by Gasteiger charge is -2.09. The zero-order chi connectivity index (χ0) is 14.5. The molecule has 1 aromatic heterocycles. The van der Waals surface area contributed by atoms with Crippen LogP contribution < -0.4 is 15.8 Å². The highest BCUT2D eigenvalue weighted by Gasteiger charge is 2.09. The van der Waals surface area contributed by atoms with E-state index in [2.05, 4.69) is 10.3 Å². The fourth-order valence-corrected chi connectivity index (χ4v) is 1.57. The van der Waals surface area contributed by atoms with E-state index in [0.29, 0.717) is 18.0 Å². The van der Waals surface area contributed by atoms with Crippen molar-refractivity contribution in [3.63, 3.8) is 0 Å². The number of pyridine rings is 1. The molecule has 6 heteroatoms. The summed E-state index contributed by atoms with van der Waals surface area (Å²) in [6, 6.07) is 6.87. The maximum atomic E-state index is 13.1. The molecule has 1 heterocycles. The van der Waals surface area contributed by atoms with Gasteiger partial charge in [0.2, 0.25) is 0 Å². The van der Waals surface area contributed by atoms with Crippen molar-refractivity contribution in [3.8, 4) is 11.5 Å². The molecule has 20 heavy (non-hydrogen) atoms. The molecule has 104 valence electrons. The van der Waals surface area contributed by atoms with Gasteiger partial charge in [0, 0.05) is 24.9 Å². The Balaban J connectivity index is 2.23. The van der Waals surface area contributed by atoms with Crippen molar-refractivity contribution in [1.82, 2.24) is 10.3 Å². The number of nitrogen functional groups attached to an aromatic ring is 1. The molecular weight excluding hydrogens is 261 g/mol. The predicted molar refractivity (Wildman–Crippen MR) is 73.1 cm³/mol. The van der Waals surface area contributed by atoms with Gasteiger partial charge in [0.25, 0.3) is 5.91 Å². The number of benzene rings is 1. The Bertz CT molecular complexity index is 632. The SMILES string of the molecule is CCNC(=O)c1cc(Oc2cc(F)ccc2N)ccn1. The van der Waals surface area contributed by atoms with Crippen LogP contribution in [0.25, 0.3) is 0 Å². The van der Waals surface area contributed by atoms with Gasteiger partial charge < -0.3 is 15.8 Å². The Morgan fingerprint density at radius 2 is 2.20 bits per heavy atom. The molecule has 0 unspecified atom stereocenters. The predicted octanol–water partition coefficient (Wildman–Crippen LogP) is 2.34. The molecule has 0 atom stereocenters. The first kappa shape index (κ1) is 13.8. The summed E-state index contributed by atoms with van der Waals surface area (Å²) < 4.78 is 18.6. The highest BCUT2D eigenvalue weighted by Crippen LogP contribution is 2.28. The molecule has 0 saturated carbocycles. The maximum absolute atomic E-state index is 13.1. The van der Waals surface area contributed by atoms with E-state index in [1.54, 1.807) is 6.07 Å². The number of halogens is 1. The lowest BCUT2D eigenvalue weighted by Crippen LogP contribution is -2.23. The normalized spacial score (nSPS) is 10.1. The second kappa shape index (κ2) is 6.01. The summed E-state index contributed by atoms with van der Waals surface area (Å²) in [4.78, 5) is 15.6. The van der Waals surface area contributed by atoms with Gasteiger partial charge in [0.15, 0.2) is 5.75 Å². The first-order valence-corrected chi connectivity index (χ1v) is 6.07. The molecule has 0 bridgehead atoms. The van der Waals surface area contributed by atoms with E-state index in [1.807, 2.05) is 6.92 Å². The third-order valence-corrected chi connectivity index (χ3v) is 2.50. The van der Waals surface area contributed by atoms with Crippen LogP contribution in [-0.2, 0) is 0 Å². The molecule has 2 rings (SSSR count). The Labute approximate surface area is 115 Å². The lowest BCUT2D eigenvalue weighted by atomic mass is 10.3. The van der Waals surface area contributed by atoms with Crippen molar-refractivity contribution in [2.45, 2.75) is 6.92 Å². The van der Waals surface area contributed by atoms with Crippen LogP contribution >= 0.6 is 0 Å². The van der Waals surface area contributed by atoms with Gasteiger partial charge in [0.05, 0.1) is 5.69 Å². The number of rotatable bonds is 4. The van der Waals surface area contributed by atoms with Crippen LogP contribution in [0.15, 0.2) is 36.5 Å². The van der Waals surface area contributed by atoms with Crippen molar-refractivity contribution in [3.05, 3.63) is 48.0 Å². The summed E-state index contributed by atoms with van der Waals surface area (Å²) in [6.07, 6.45) is 1.44. The number of nitrogens with one attached hydrogen (secondary N) is 1. The number of nitrogens with two attached hydrogens (primary N) is 1. The van der Waals surface area contributed by atoms with Gasteiger partial charge in [-0.3, -0.25) is 9.78 Å². The molecule has 3 N–H and O–H groups in total. The van der Waals surface area contributed by atoms with Crippen LogP contribution in [0.1, 0.15) is 17.4 Å². The van der Waals surface area contributed by atoms with Crippen LogP contribution in [0.4, 0.5) is 10.1 Å². The quantitative estimate of drug-likeness (QED) is 0.840. The molecule has 1 aromatic carbocycles. The molecule has 0 fully saturated rings. The van der Waals surface area contributed by atoms with E-state index in [4.69, 9.17) is 10.5 Å². The van der Waals surface area contributed by atoms with Gasteiger partial charge in [-0.2, -0.15) is 0 Å². The van der Waals surface area contributed by atoms with Crippen LogP contribution in [0, 0.1) is 5.82 Å². The minimum Gasteiger partial charge on any atom is -0.455 e. The third-order valence-electron chi connectivity index (χ3n) is 2.50. The van der Waals surface area contributed by atoms with Crippen molar-refractivity contribution in [2.75, 3.05) is 12.3 Å². The number of carbonyl (C=O) groups is 1. The summed E-state index contributed by atoms with van der Waals surface area (Å²) in [5, 5.41) is 2.63. The largest absolute Gasteiger partial charge is 0.455 e. The second-order valence-electron chi connectivity index (χ2n) is 4.02. The number of amides is 1. The first-order valence-electron chi connectivity index (χ1n) is 6.07. The topological polar surface area (TPSA) is 77.2 Å². The summed E-state index contributed by atoms with van der Waals surface area (Å²) in [7, 11) is 0. The highest BCUT2D eigenvalue weighted by molar-refractivity contribution is 5.92. The van der Waals surface area contributed by atoms with Gasteiger partial charge in [-0.1, -0.05) is 0 Å². The molecule has 0 radical (unpaired) electrons. The number of aromatic nitrogens is 1. The standard InChI is InChI=1S/C14H14FN3O2/c1-2-17-14(19)12-8-10(5-6-18-12)20-13-7-9(15)3-4-11(13)16/h3-8H,2,16H2,1H3,(H,17,19). The van der Waals surface area contributed by atoms with Gasteiger partial charge in [-0.15, -0.1) is 0 Å². The number of hydrogen-bond donors (Lipinski definition) is 2. The maximum Gasteiger partial charge on any atom is 0.270 e. The van der Waals surface area contributed by atoms with E-state index in [1.165, 1.54) is 30.5 Å². The van der Waals surface area contributed by atoms with E-state index in [9.17, 15) is 9.18 Å². The van der Waals surface area contributed by atoms with Crippen LogP contribution in [0.2, 0.25) is 0 Å². The van der Waals surface area contributed by atoms with Crippen molar-refractivity contribution < 1.29 is 13.9 Å². The van der Waals surface area contributed by atoms with Gasteiger partial charge >= 0.3 is 0 Å². The van der Waals surface area contributed by atoms with Crippen LogP contribution in [0.3, 0.4) is 0 Å². The lowest BCUT2D eigenvalue weighted by molar-refractivity contribution is 0.0950. The molecule has 0 aliphatic carbocycles. The fraction of sp³-hybridized carbons (Fsp3) is 0.143. The summed E-state index contributed by atoms with van der Waals surface area (Å²) >= 11 is 0. The van der Waals surface area contributed by atoms with E-state index >= 15 is 0 Å². The molecular formula is C14H14FN3O2. The summed E-state index contributed by atoms with van der Waals surface area (Å²) in [5.41, 5.74) is 6.23. The minimum absolute atomic E-state index is 0.193. The zero-order valence-corrected chi connectivity index (χ0v) is 10.9. The minimum atomic E-state index is -0.452. The zero-order valence-electron chi connectivity index (χ0n) is 10.9. The summed E-state index contributed by atoms with van der Waals surface area (Å²) in [5.74, 6) is -0.200. The average molecular weight is 275 g/mol. The third kappa shape index (κ3) is 3.23. The molecule has 0 saturated heterocycles. The molecule has 0 aliphatic heterocycles. The Morgan fingerprint density at radius 1 is 1.40 bits per heavy atom. The van der Waals surface area contributed by atoms with Crippen molar-refractivity contribution in [1.29, 1.82) is 0 Å². The van der Waals surface area contributed by atoms with Gasteiger partial charge in [0.1, 0.15) is 17.3 Å². The van der Waals surface area contributed by atoms with Crippen molar-refractivity contribution >= 4 is 11.6 Å². The molecule has 0 aliphatic rings. The Hall–Kier alpha value is -2.63. The average Bonchev–Trinajstić information content (AvgIpc) is 2.43. The number of ether oxygens (including phenoxy) is 1. The number of carbonyl (C=O) groups excluding carboxylic acids is 1. The first-order chi connectivity index (χ1) is 9.60. The van der Waals surface area contributed by atoms with Gasteiger partial charge in [-0.25, -0.2) is 4.39 Å². The summed E-state index contributed by atoms with van der Waals surface area (Å²) in [6.45, 7) is 2.31. The van der Waals surface area contributed by atoms with E-state index < -0.39 is 5.82 Å². The van der Waals surface area contributed by atoms with Gasteiger partial charge in [-0.05, 0) is 25.1 Å².